The number of nitrogens with one attached hydrogen (secondary N) is 1. The summed E-state index contributed by atoms with van der Waals surface area (Å²) in [5, 5.41) is 11.2. The van der Waals surface area contributed by atoms with Crippen molar-refractivity contribution in [3.05, 3.63) is 35.4 Å². The monoisotopic (exact) mass is 317 g/mol. The van der Waals surface area contributed by atoms with E-state index < -0.39 is 29.7 Å². The van der Waals surface area contributed by atoms with Crippen LogP contribution in [0.4, 0.5) is 0 Å². The molecule has 0 heterocycles. The first-order chi connectivity index (χ1) is 10.9. The average Bonchev–Trinajstić information content (AvgIpc) is 2.54. The summed E-state index contributed by atoms with van der Waals surface area (Å²) in [6.45, 7) is 3.52. The summed E-state index contributed by atoms with van der Waals surface area (Å²) >= 11 is 0. The second-order valence-corrected chi connectivity index (χ2v) is 5.01. The van der Waals surface area contributed by atoms with Crippen LogP contribution >= 0.6 is 0 Å². The standard InChI is InChI=1S/C16H19N3O4/c1-3-23-16(22)10(2)8-13(14(18)20)19-15(21)12-6-4-11(9-17)5-7-12/h4-7,10,13H,3,8H2,1-2H3,(H2,18,20)(H,19,21)/t10-,13-/m1/s1. The molecular formula is C16H19N3O4. The number of primary amides is 1. The molecule has 0 aromatic heterocycles. The molecule has 2 atom stereocenters. The van der Waals surface area contributed by atoms with Gasteiger partial charge in [-0.2, -0.15) is 5.26 Å². The van der Waals surface area contributed by atoms with E-state index in [0.29, 0.717) is 11.1 Å². The van der Waals surface area contributed by atoms with Gasteiger partial charge in [-0.05, 0) is 37.6 Å². The first-order valence-corrected chi connectivity index (χ1v) is 7.16. The smallest absolute Gasteiger partial charge is 0.308 e. The Labute approximate surface area is 134 Å². The number of nitriles is 1. The molecule has 1 aromatic carbocycles. The molecule has 0 aliphatic rings. The Morgan fingerprint density at radius 3 is 2.39 bits per heavy atom. The molecule has 0 aliphatic carbocycles. The Morgan fingerprint density at radius 2 is 1.91 bits per heavy atom. The predicted molar refractivity (Wildman–Crippen MR) is 82.0 cm³/mol. The quantitative estimate of drug-likeness (QED) is 0.718. The number of ether oxygens (including phenoxy) is 1. The number of nitrogens with zero attached hydrogens (tertiary/aromatic N) is 1. The number of nitrogens with two attached hydrogens (primary N) is 1. The van der Waals surface area contributed by atoms with Crippen LogP contribution in [0, 0.1) is 17.2 Å². The number of hydrogen-bond donors (Lipinski definition) is 2. The first-order valence-electron chi connectivity index (χ1n) is 7.16. The van der Waals surface area contributed by atoms with Crippen LogP contribution in [0.15, 0.2) is 24.3 Å². The number of hydrogen-bond acceptors (Lipinski definition) is 5. The third-order valence-electron chi connectivity index (χ3n) is 3.20. The average molecular weight is 317 g/mol. The van der Waals surface area contributed by atoms with Crippen molar-refractivity contribution in [2.24, 2.45) is 11.7 Å². The highest BCUT2D eigenvalue weighted by Crippen LogP contribution is 2.10. The summed E-state index contributed by atoms with van der Waals surface area (Å²) < 4.78 is 4.87. The van der Waals surface area contributed by atoms with E-state index in [-0.39, 0.29) is 13.0 Å². The molecular weight excluding hydrogens is 298 g/mol. The van der Waals surface area contributed by atoms with Crippen molar-refractivity contribution in [2.75, 3.05) is 6.61 Å². The number of amides is 2. The topological polar surface area (TPSA) is 122 Å². The fourth-order valence-corrected chi connectivity index (χ4v) is 1.92. The molecule has 0 spiro atoms. The van der Waals surface area contributed by atoms with Crippen molar-refractivity contribution in [1.82, 2.24) is 5.32 Å². The fourth-order valence-electron chi connectivity index (χ4n) is 1.92. The number of esters is 1. The SMILES string of the molecule is CCOC(=O)[C@H](C)C[C@@H](NC(=O)c1ccc(C#N)cc1)C(N)=O. The second kappa shape index (κ2) is 8.54. The maximum Gasteiger partial charge on any atom is 0.308 e. The minimum Gasteiger partial charge on any atom is -0.466 e. The number of benzene rings is 1. The van der Waals surface area contributed by atoms with Crippen LogP contribution in [0.1, 0.15) is 36.2 Å². The van der Waals surface area contributed by atoms with Crippen LogP contribution in [0.25, 0.3) is 0 Å². The van der Waals surface area contributed by atoms with E-state index >= 15 is 0 Å². The van der Waals surface area contributed by atoms with E-state index in [1.165, 1.54) is 24.3 Å². The van der Waals surface area contributed by atoms with Crippen molar-refractivity contribution < 1.29 is 19.1 Å². The minimum atomic E-state index is -0.988. The normalized spacial score (nSPS) is 12.6. The van der Waals surface area contributed by atoms with E-state index in [9.17, 15) is 14.4 Å². The second-order valence-electron chi connectivity index (χ2n) is 5.01. The lowest BCUT2D eigenvalue weighted by atomic mass is 10.0. The largest absolute Gasteiger partial charge is 0.466 e. The minimum absolute atomic E-state index is 0.0518. The van der Waals surface area contributed by atoms with Crippen molar-refractivity contribution in [2.45, 2.75) is 26.3 Å². The molecule has 7 heteroatoms. The summed E-state index contributed by atoms with van der Waals surface area (Å²) in [7, 11) is 0. The van der Waals surface area contributed by atoms with E-state index in [1.54, 1.807) is 13.8 Å². The highest BCUT2D eigenvalue weighted by molar-refractivity contribution is 5.97. The zero-order chi connectivity index (χ0) is 17.4. The van der Waals surface area contributed by atoms with Crippen LogP contribution in [-0.2, 0) is 14.3 Å². The summed E-state index contributed by atoms with van der Waals surface area (Å²) in [6.07, 6.45) is 0.0518. The maximum atomic E-state index is 12.1. The van der Waals surface area contributed by atoms with Crippen LogP contribution in [0.5, 0.6) is 0 Å². The van der Waals surface area contributed by atoms with Crippen LogP contribution in [-0.4, -0.2) is 30.4 Å². The van der Waals surface area contributed by atoms with Gasteiger partial charge in [0.05, 0.1) is 24.2 Å². The van der Waals surface area contributed by atoms with E-state index in [2.05, 4.69) is 5.32 Å². The van der Waals surface area contributed by atoms with Crippen LogP contribution in [0.3, 0.4) is 0 Å². The highest BCUT2D eigenvalue weighted by Gasteiger charge is 2.25. The number of rotatable bonds is 7. The van der Waals surface area contributed by atoms with Gasteiger partial charge in [0.15, 0.2) is 0 Å². The fraction of sp³-hybridized carbons (Fsp3) is 0.375. The van der Waals surface area contributed by atoms with Gasteiger partial charge >= 0.3 is 5.97 Å². The molecule has 0 fully saturated rings. The predicted octanol–water partition coefficient (Wildman–Crippen LogP) is 0.731. The van der Waals surface area contributed by atoms with Gasteiger partial charge in [0, 0.05) is 5.56 Å². The van der Waals surface area contributed by atoms with Gasteiger partial charge in [-0.3, -0.25) is 14.4 Å². The summed E-state index contributed by atoms with van der Waals surface area (Å²) in [5.41, 5.74) is 5.99. The summed E-state index contributed by atoms with van der Waals surface area (Å²) in [6, 6.07) is 6.89. The van der Waals surface area contributed by atoms with Gasteiger partial charge in [0.25, 0.3) is 5.91 Å². The lowest BCUT2D eigenvalue weighted by Crippen LogP contribution is -2.46. The highest BCUT2D eigenvalue weighted by atomic mass is 16.5. The molecule has 122 valence electrons. The molecule has 1 aromatic rings. The molecule has 2 amide bonds. The first kappa shape index (κ1) is 18.2. The van der Waals surface area contributed by atoms with E-state index in [0.717, 1.165) is 0 Å². The molecule has 1 rings (SSSR count). The molecule has 0 saturated heterocycles. The van der Waals surface area contributed by atoms with E-state index in [4.69, 9.17) is 15.7 Å². The van der Waals surface area contributed by atoms with Gasteiger partial charge in [0.1, 0.15) is 6.04 Å². The summed E-state index contributed by atoms with van der Waals surface area (Å²) in [5.74, 6) is -2.27. The Morgan fingerprint density at radius 1 is 1.30 bits per heavy atom. The molecule has 23 heavy (non-hydrogen) atoms. The number of carbonyl (C=O) groups is 3. The van der Waals surface area contributed by atoms with Crippen molar-refractivity contribution in [1.29, 1.82) is 5.26 Å². The molecule has 7 nitrogen and oxygen atoms in total. The Bertz CT molecular complexity index is 619. The van der Waals surface area contributed by atoms with Crippen molar-refractivity contribution >= 4 is 17.8 Å². The summed E-state index contributed by atoms with van der Waals surface area (Å²) in [4.78, 5) is 35.2. The van der Waals surface area contributed by atoms with Gasteiger partial charge in [0.2, 0.25) is 5.91 Å². The van der Waals surface area contributed by atoms with Crippen LogP contribution < -0.4 is 11.1 Å². The third-order valence-corrected chi connectivity index (χ3v) is 3.20. The molecule has 0 radical (unpaired) electrons. The van der Waals surface area contributed by atoms with Gasteiger partial charge in [-0.25, -0.2) is 0 Å². The zero-order valence-corrected chi connectivity index (χ0v) is 13.0. The number of carbonyl (C=O) groups excluding carboxylic acids is 3. The lowest BCUT2D eigenvalue weighted by molar-refractivity contribution is -0.147. The molecule has 0 unspecified atom stereocenters. The van der Waals surface area contributed by atoms with Crippen LogP contribution in [0.2, 0.25) is 0 Å². The van der Waals surface area contributed by atoms with Crippen molar-refractivity contribution in [3.8, 4) is 6.07 Å². The third kappa shape index (κ3) is 5.43. The van der Waals surface area contributed by atoms with Gasteiger partial charge < -0.3 is 15.8 Å². The van der Waals surface area contributed by atoms with Crippen molar-refractivity contribution in [3.63, 3.8) is 0 Å². The molecule has 0 bridgehead atoms. The lowest BCUT2D eigenvalue weighted by Gasteiger charge is -2.18. The Kier molecular flexibility index (Phi) is 6.74. The van der Waals surface area contributed by atoms with E-state index in [1.807, 2.05) is 6.07 Å². The maximum absolute atomic E-state index is 12.1. The van der Waals surface area contributed by atoms with Gasteiger partial charge in [-0.15, -0.1) is 0 Å². The molecule has 0 saturated carbocycles. The Hall–Kier alpha value is -2.88. The molecule has 3 N–H and O–H groups in total. The zero-order valence-electron chi connectivity index (χ0n) is 13.0. The molecule has 0 aliphatic heterocycles. The van der Waals surface area contributed by atoms with Gasteiger partial charge in [-0.1, -0.05) is 6.92 Å². The Balaban J connectivity index is 2.75.